The quantitative estimate of drug-likeness (QED) is 0.0959. The fraction of sp³-hybridized carbons (Fsp3) is 0.455. The number of nitrogens with zero attached hydrogens (tertiary/aromatic N) is 8. The average molecular weight is 1270 g/mol. The third-order valence-corrected chi connectivity index (χ3v) is 20.7. The molecule has 482 valence electrons. The first-order chi connectivity index (χ1) is 42.6. The number of methoxy groups -OCH3 is 2. The van der Waals surface area contributed by atoms with E-state index in [2.05, 4.69) is 24.6 Å². The molecule has 2 N–H and O–H groups in total. The van der Waals surface area contributed by atoms with Crippen molar-refractivity contribution in [3.8, 4) is 34.0 Å². The van der Waals surface area contributed by atoms with Crippen molar-refractivity contribution >= 4 is 83.7 Å². The van der Waals surface area contributed by atoms with E-state index in [1.807, 2.05) is 48.5 Å². The van der Waals surface area contributed by atoms with Crippen LogP contribution in [0.4, 0.5) is 0 Å². The van der Waals surface area contributed by atoms with Crippen molar-refractivity contribution in [3.63, 3.8) is 0 Å². The third-order valence-electron chi connectivity index (χ3n) is 17.9. The molecule has 0 radical (unpaired) electrons. The van der Waals surface area contributed by atoms with Gasteiger partial charge in [0, 0.05) is 127 Å². The van der Waals surface area contributed by atoms with Gasteiger partial charge in [0.1, 0.15) is 11.5 Å². The highest BCUT2D eigenvalue weighted by atomic mass is 32.2. The van der Waals surface area contributed by atoms with Crippen LogP contribution in [-0.4, -0.2) is 187 Å². The van der Waals surface area contributed by atoms with Crippen LogP contribution in [0.15, 0.2) is 78.4 Å². The first kappa shape index (κ1) is 66.4. The molecule has 2 saturated carbocycles. The second-order valence-corrected chi connectivity index (χ2v) is 28.5. The van der Waals surface area contributed by atoms with Crippen LogP contribution in [0.25, 0.3) is 50.4 Å². The largest absolute Gasteiger partial charge is 0.497 e. The molecule has 4 heterocycles. The molecule has 1 atom stereocenters. The molecule has 10 rings (SSSR count). The number of aromatic nitrogens is 2. The van der Waals surface area contributed by atoms with E-state index in [9.17, 15) is 45.6 Å². The zero-order chi connectivity index (χ0) is 65.3. The van der Waals surface area contributed by atoms with Crippen LogP contribution in [0.5, 0.6) is 11.5 Å². The average Bonchev–Trinajstić information content (AvgIpc) is 1.59. The summed E-state index contributed by atoms with van der Waals surface area (Å²) in [6.07, 6.45) is 13.3. The molecule has 4 aromatic carbocycles. The molecule has 90 heavy (non-hydrogen) atoms. The molecule has 2 fully saturated rings. The molecular weight excluding hydrogens is 1190 g/mol. The Hall–Kier alpha value is -8.06. The summed E-state index contributed by atoms with van der Waals surface area (Å²) >= 11 is 0. The molecule has 6 aromatic rings. The number of benzene rings is 4. The lowest BCUT2D eigenvalue weighted by atomic mass is 9.81. The standard InChI is InChI=1S/C33H43N5O6S.C33H41N5O6S/c2*1-35(2)29(39)20-37(5)33(41)24-16-23-17-25(44-6)13-15-26(23)31-30(21-10-8-7-9-11-21)27-14-12-22(18-28(27)38(31)19-24)32(40)34-45(42,43)36(3)4/h12-15,17-18,21,24H,7-11,16,19-20H2,1-6H3,(H,34,40);12-18,21H,7-11,19-20H2,1-6H3,(H,34,40). The maximum absolute atomic E-state index is 14.0. The Labute approximate surface area is 528 Å². The van der Waals surface area contributed by atoms with E-state index in [1.54, 1.807) is 80.8 Å². The van der Waals surface area contributed by atoms with Gasteiger partial charge < -0.3 is 38.2 Å². The van der Waals surface area contributed by atoms with E-state index in [1.165, 1.54) is 71.8 Å². The number of hydrogen-bond donors (Lipinski definition) is 2. The lowest BCUT2D eigenvalue weighted by molar-refractivity contribution is -0.140. The number of rotatable bonds is 16. The summed E-state index contributed by atoms with van der Waals surface area (Å²) in [5.74, 6) is -0.863. The lowest BCUT2D eigenvalue weighted by Gasteiger charge is -2.24. The normalized spacial score (nSPS) is 16.0. The Bertz CT molecular complexity index is 4040. The van der Waals surface area contributed by atoms with Gasteiger partial charge >= 0.3 is 20.4 Å². The van der Waals surface area contributed by atoms with E-state index in [-0.39, 0.29) is 60.3 Å². The molecule has 0 spiro atoms. The molecule has 0 saturated heterocycles. The second-order valence-electron chi connectivity index (χ2n) is 24.8. The molecule has 2 aliphatic carbocycles. The van der Waals surface area contributed by atoms with Crippen LogP contribution in [-0.2, 0) is 59.1 Å². The number of ether oxygens (including phenoxy) is 2. The van der Waals surface area contributed by atoms with E-state index < -0.39 is 38.2 Å². The number of amides is 6. The SMILES string of the molecule is COc1ccc2c(c1)C=C(C(=O)N(C)CC(=O)N(C)C)Cn1c-2c(C2CCCCC2)c2ccc(C(=O)NS(=O)(=O)N(C)C)cc21.COc1ccc2c(c1)CC(C(=O)N(C)CC(=O)N(C)C)Cn1c-2c(C2CCCCC2)c2ccc(C(=O)NS(=O)(=O)N(C)C)cc21. The maximum Gasteiger partial charge on any atom is 0.303 e. The second kappa shape index (κ2) is 27.2. The van der Waals surface area contributed by atoms with Crippen LogP contribution in [0.2, 0.25) is 0 Å². The molecule has 24 heteroatoms. The van der Waals surface area contributed by atoms with Crippen LogP contribution < -0.4 is 18.9 Å². The van der Waals surface area contributed by atoms with Crippen molar-refractivity contribution in [2.45, 2.75) is 95.6 Å². The predicted molar refractivity (Wildman–Crippen MR) is 347 cm³/mol. The van der Waals surface area contributed by atoms with Gasteiger partial charge in [0.25, 0.3) is 17.7 Å². The van der Waals surface area contributed by atoms with Crippen molar-refractivity contribution < 1.29 is 55.1 Å². The van der Waals surface area contributed by atoms with Crippen molar-refractivity contribution in [1.82, 2.24) is 46.8 Å². The Morgan fingerprint density at radius 2 is 1.00 bits per heavy atom. The smallest absolute Gasteiger partial charge is 0.303 e. The summed E-state index contributed by atoms with van der Waals surface area (Å²) < 4.78 is 71.4. The molecule has 2 aromatic heterocycles. The Morgan fingerprint density at radius 1 is 0.544 bits per heavy atom. The molecule has 22 nitrogen and oxygen atoms in total. The van der Waals surface area contributed by atoms with Crippen LogP contribution in [0, 0.1) is 5.92 Å². The van der Waals surface area contributed by atoms with Gasteiger partial charge in [-0.05, 0) is 133 Å². The molecule has 2 aliphatic heterocycles. The number of hydrogen-bond acceptors (Lipinski definition) is 12. The summed E-state index contributed by atoms with van der Waals surface area (Å²) in [4.78, 5) is 85.1. The van der Waals surface area contributed by atoms with Crippen molar-refractivity contribution in [2.24, 2.45) is 5.92 Å². The summed E-state index contributed by atoms with van der Waals surface area (Å²) in [7, 11) is 10.5. The molecular formula is C66H84N10O12S2. The fourth-order valence-electron chi connectivity index (χ4n) is 12.9. The van der Waals surface area contributed by atoms with Gasteiger partial charge in [-0.1, -0.05) is 50.7 Å². The number of nitrogens with one attached hydrogen (secondary N) is 2. The topological polar surface area (TPSA) is 243 Å². The van der Waals surface area contributed by atoms with E-state index in [4.69, 9.17) is 9.47 Å². The van der Waals surface area contributed by atoms with Crippen molar-refractivity contribution in [1.29, 1.82) is 0 Å². The minimum Gasteiger partial charge on any atom is -0.497 e. The molecule has 0 bridgehead atoms. The number of likely N-dealkylation sites (N-methyl/N-ethyl adjacent to an activating group) is 4. The predicted octanol–water partition coefficient (Wildman–Crippen LogP) is 7.46. The summed E-state index contributed by atoms with van der Waals surface area (Å²) in [6, 6.07) is 22.4. The van der Waals surface area contributed by atoms with Crippen molar-refractivity contribution in [2.75, 3.05) is 97.8 Å². The zero-order valence-corrected chi connectivity index (χ0v) is 55.3. The first-order valence-corrected chi connectivity index (χ1v) is 33.3. The maximum atomic E-state index is 14.0. The van der Waals surface area contributed by atoms with Crippen LogP contribution in [0.1, 0.15) is 119 Å². The summed E-state index contributed by atoms with van der Waals surface area (Å²) in [6.45, 7) is 0.405. The highest BCUT2D eigenvalue weighted by Crippen LogP contribution is 2.49. The van der Waals surface area contributed by atoms with E-state index in [0.29, 0.717) is 36.0 Å². The van der Waals surface area contributed by atoms with Gasteiger partial charge in [0.2, 0.25) is 17.7 Å². The lowest BCUT2D eigenvalue weighted by Crippen LogP contribution is -2.42. The Morgan fingerprint density at radius 3 is 1.48 bits per heavy atom. The van der Waals surface area contributed by atoms with E-state index in [0.717, 1.165) is 115 Å². The van der Waals surface area contributed by atoms with E-state index >= 15 is 0 Å². The zero-order valence-electron chi connectivity index (χ0n) is 53.6. The number of carbonyl (C=O) groups is 6. The Balaban J connectivity index is 0.000000213. The Kier molecular flexibility index (Phi) is 20.0. The minimum atomic E-state index is -4.00. The van der Waals surface area contributed by atoms with Gasteiger partial charge in [-0.2, -0.15) is 25.4 Å². The molecule has 6 amide bonds. The van der Waals surface area contributed by atoms with Crippen molar-refractivity contribution in [3.05, 3.63) is 112 Å². The highest BCUT2D eigenvalue weighted by Gasteiger charge is 2.37. The van der Waals surface area contributed by atoms with Gasteiger partial charge in [-0.25, -0.2) is 9.44 Å². The minimum absolute atomic E-state index is 0.0371. The number of carbonyl (C=O) groups excluding carboxylic acids is 6. The number of fused-ring (bicyclic) bond motifs is 10. The third kappa shape index (κ3) is 13.8. The monoisotopic (exact) mass is 1270 g/mol. The van der Waals surface area contributed by atoms with Gasteiger partial charge in [0.05, 0.1) is 51.2 Å². The van der Waals surface area contributed by atoms with Gasteiger partial charge in [-0.15, -0.1) is 0 Å². The van der Waals surface area contributed by atoms with Gasteiger partial charge in [0.15, 0.2) is 0 Å². The van der Waals surface area contributed by atoms with Crippen LogP contribution in [0.3, 0.4) is 0 Å². The van der Waals surface area contributed by atoms with Gasteiger partial charge in [-0.3, -0.25) is 28.8 Å². The fourth-order valence-corrected chi connectivity index (χ4v) is 13.9. The first-order valence-electron chi connectivity index (χ1n) is 30.4. The molecule has 4 aliphatic rings. The molecule has 1 unspecified atom stereocenters. The van der Waals surface area contributed by atoms with Crippen LogP contribution >= 0.6 is 0 Å². The summed E-state index contributed by atoms with van der Waals surface area (Å²) in [5, 5.41) is 1.96. The summed E-state index contributed by atoms with van der Waals surface area (Å²) in [5.41, 5.74) is 10.5. The highest BCUT2D eigenvalue weighted by molar-refractivity contribution is 7.88.